The first-order valence-corrected chi connectivity index (χ1v) is 11.3. The van der Waals surface area contributed by atoms with E-state index in [-0.39, 0.29) is 24.0 Å². The minimum absolute atomic E-state index is 0.117. The van der Waals surface area contributed by atoms with Crippen LogP contribution in [0.4, 0.5) is 11.4 Å². The van der Waals surface area contributed by atoms with Gasteiger partial charge in [-0.05, 0) is 67.4 Å². The monoisotopic (exact) mass is 438 g/mol. The predicted octanol–water partition coefficient (Wildman–Crippen LogP) is 4.10. The van der Waals surface area contributed by atoms with Gasteiger partial charge in [-0.3, -0.25) is 9.52 Å². The Kier molecular flexibility index (Phi) is 5.81. The Balaban J connectivity index is 1.33. The number of carbonyl (C=O) groups excluding carboxylic acids is 1. The maximum absolute atomic E-state index is 12.5. The molecule has 1 amide bonds. The van der Waals surface area contributed by atoms with Gasteiger partial charge in [-0.25, -0.2) is 8.42 Å². The van der Waals surface area contributed by atoms with E-state index in [0.29, 0.717) is 29.3 Å². The highest BCUT2D eigenvalue weighted by Gasteiger charge is 2.15. The van der Waals surface area contributed by atoms with E-state index in [2.05, 4.69) is 10.0 Å². The second-order valence-corrected chi connectivity index (χ2v) is 8.91. The SMILES string of the molecule is Cc1ccc(NS(=O)(=O)c2ccc(NC(=O)CCc3ccc4c(c3)OCO4)cc2)cc1. The smallest absolute Gasteiger partial charge is 0.261 e. The standard InChI is InChI=1S/C23H22N2O5S/c1-16-2-6-19(7-3-16)25-31(27,28)20-10-8-18(9-11-20)24-23(26)13-5-17-4-12-21-22(14-17)30-15-29-21/h2-4,6-12,14,25H,5,13,15H2,1H3,(H,24,26). The molecular formula is C23H22N2O5S. The van der Waals surface area contributed by atoms with Gasteiger partial charge in [0.05, 0.1) is 4.90 Å². The first kappa shape index (κ1) is 20.7. The van der Waals surface area contributed by atoms with Gasteiger partial charge >= 0.3 is 0 Å². The Hall–Kier alpha value is -3.52. The second kappa shape index (κ2) is 8.69. The van der Waals surface area contributed by atoms with E-state index in [1.54, 1.807) is 24.3 Å². The second-order valence-electron chi connectivity index (χ2n) is 7.23. The number of benzene rings is 3. The summed E-state index contributed by atoms with van der Waals surface area (Å²) in [5.41, 5.74) is 3.04. The number of sulfonamides is 1. The van der Waals surface area contributed by atoms with Crippen molar-refractivity contribution in [2.45, 2.75) is 24.7 Å². The lowest BCUT2D eigenvalue weighted by atomic mass is 10.1. The van der Waals surface area contributed by atoms with Gasteiger partial charge in [-0.1, -0.05) is 23.8 Å². The molecule has 4 rings (SSSR count). The van der Waals surface area contributed by atoms with Crippen LogP contribution in [0.3, 0.4) is 0 Å². The van der Waals surface area contributed by atoms with Crippen LogP contribution in [-0.2, 0) is 21.2 Å². The molecule has 160 valence electrons. The van der Waals surface area contributed by atoms with Crippen molar-refractivity contribution < 1.29 is 22.7 Å². The topological polar surface area (TPSA) is 93.7 Å². The number of anilines is 2. The van der Waals surface area contributed by atoms with Crippen LogP contribution in [0.1, 0.15) is 17.5 Å². The summed E-state index contributed by atoms with van der Waals surface area (Å²) in [6.45, 7) is 2.14. The summed E-state index contributed by atoms with van der Waals surface area (Å²) in [5.74, 6) is 1.24. The molecule has 1 heterocycles. The number of amides is 1. The summed E-state index contributed by atoms with van der Waals surface area (Å²) in [6.07, 6.45) is 0.837. The van der Waals surface area contributed by atoms with E-state index >= 15 is 0 Å². The molecule has 0 aromatic heterocycles. The maximum atomic E-state index is 12.5. The normalized spacial score (nSPS) is 12.4. The fourth-order valence-corrected chi connectivity index (χ4v) is 4.19. The van der Waals surface area contributed by atoms with Crippen LogP contribution in [-0.4, -0.2) is 21.1 Å². The zero-order valence-corrected chi connectivity index (χ0v) is 17.7. The third kappa shape index (κ3) is 5.16. The summed E-state index contributed by atoms with van der Waals surface area (Å²) in [5, 5.41) is 2.79. The molecule has 0 radical (unpaired) electrons. The summed E-state index contributed by atoms with van der Waals surface area (Å²) < 4.78 is 38.3. The molecule has 3 aromatic rings. The van der Waals surface area contributed by atoms with Gasteiger partial charge in [0.25, 0.3) is 10.0 Å². The number of rotatable bonds is 7. The highest BCUT2D eigenvalue weighted by molar-refractivity contribution is 7.92. The Labute approximate surface area is 181 Å². The predicted molar refractivity (Wildman–Crippen MR) is 118 cm³/mol. The van der Waals surface area contributed by atoms with Crippen molar-refractivity contribution in [2.75, 3.05) is 16.8 Å². The molecule has 3 aromatic carbocycles. The molecule has 1 aliphatic heterocycles. The van der Waals surface area contributed by atoms with E-state index in [4.69, 9.17) is 9.47 Å². The van der Waals surface area contributed by atoms with Crippen molar-refractivity contribution in [3.8, 4) is 11.5 Å². The first-order chi connectivity index (χ1) is 14.9. The van der Waals surface area contributed by atoms with Crippen molar-refractivity contribution in [3.05, 3.63) is 77.9 Å². The van der Waals surface area contributed by atoms with Crippen molar-refractivity contribution in [1.29, 1.82) is 0 Å². The van der Waals surface area contributed by atoms with Crippen LogP contribution in [0.5, 0.6) is 11.5 Å². The number of hydrogen-bond acceptors (Lipinski definition) is 5. The molecule has 1 aliphatic rings. The van der Waals surface area contributed by atoms with Gasteiger partial charge in [0.15, 0.2) is 11.5 Å². The van der Waals surface area contributed by atoms with Gasteiger partial charge in [-0.2, -0.15) is 0 Å². The van der Waals surface area contributed by atoms with Crippen LogP contribution in [0.25, 0.3) is 0 Å². The average molecular weight is 439 g/mol. The van der Waals surface area contributed by atoms with Gasteiger partial charge in [0, 0.05) is 17.8 Å². The minimum Gasteiger partial charge on any atom is -0.454 e. The van der Waals surface area contributed by atoms with Crippen LogP contribution in [0.2, 0.25) is 0 Å². The molecule has 0 spiro atoms. The van der Waals surface area contributed by atoms with Crippen molar-refractivity contribution in [3.63, 3.8) is 0 Å². The lowest BCUT2D eigenvalue weighted by Gasteiger charge is -2.10. The zero-order valence-electron chi connectivity index (χ0n) is 16.9. The van der Waals surface area contributed by atoms with E-state index in [1.807, 2.05) is 37.3 Å². The van der Waals surface area contributed by atoms with Crippen LogP contribution < -0.4 is 19.5 Å². The molecule has 0 saturated carbocycles. The minimum atomic E-state index is -3.71. The molecule has 31 heavy (non-hydrogen) atoms. The Morgan fingerprint density at radius 1 is 0.903 bits per heavy atom. The zero-order chi connectivity index (χ0) is 21.8. The highest BCUT2D eigenvalue weighted by atomic mass is 32.2. The molecule has 2 N–H and O–H groups in total. The third-order valence-electron chi connectivity index (χ3n) is 4.83. The van der Waals surface area contributed by atoms with Crippen LogP contribution in [0.15, 0.2) is 71.6 Å². The number of aryl methyl sites for hydroxylation is 2. The Morgan fingerprint density at radius 3 is 2.32 bits per heavy atom. The van der Waals surface area contributed by atoms with E-state index in [9.17, 15) is 13.2 Å². The Bertz CT molecular complexity index is 1190. The van der Waals surface area contributed by atoms with Gasteiger partial charge < -0.3 is 14.8 Å². The van der Waals surface area contributed by atoms with Crippen molar-refractivity contribution in [1.82, 2.24) is 0 Å². The number of hydrogen-bond donors (Lipinski definition) is 2. The van der Waals surface area contributed by atoms with Gasteiger partial charge in [-0.15, -0.1) is 0 Å². The molecule has 0 bridgehead atoms. The maximum Gasteiger partial charge on any atom is 0.261 e. The lowest BCUT2D eigenvalue weighted by Crippen LogP contribution is -2.14. The number of ether oxygens (including phenoxy) is 2. The average Bonchev–Trinajstić information content (AvgIpc) is 3.22. The fourth-order valence-electron chi connectivity index (χ4n) is 3.13. The number of fused-ring (bicyclic) bond motifs is 1. The number of nitrogens with one attached hydrogen (secondary N) is 2. The van der Waals surface area contributed by atoms with E-state index in [0.717, 1.165) is 11.1 Å². The largest absolute Gasteiger partial charge is 0.454 e. The van der Waals surface area contributed by atoms with Crippen molar-refractivity contribution in [2.24, 2.45) is 0 Å². The third-order valence-corrected chi connectivity index (χ3v) is 6.23. The molecule has 7 nitrogen and oxygen atoms in total. The molecule has 0 atom stereocenters. The lowest BCUT2D eigenvalue weighted by molar-refractivity contribution is -0.116. The quantitative estimate of drug-likeness (QED) is 0.579. The van der Waals surface area contributed by atoms with Crippen molar-refractivity contribution >= 4 is 27.3 Å². The summed E-state index contributed by atoms with van der Waals surface area (Å²) in [6, 6.07) is 18.8. The summed E-state index contributed by atoms with van der Waals surface area (Å²) >= 11 is 0. The van der Waals surface area contributed by atoms with Crippen LogP contribution >= 0.6 is 0 Å². The molecular weight excluding hydrogens is 416 g/mol. The van der Waals surface area contributed by atoms with E-state index in [1.165, 1.54) is 12.1 Å². The Morgan fingerprint density at radius 2 is 1.58 bits per heavy atom. The number of carbonyl (C=O) groups is 1. The highest BCUT2D eigenvalue weighted by Crippen LogP contribution is 2.32. The molecule has 0 saturated heterocycles. The van der Waals surface area contributed by atoms with Gasteiger partial charge in [0.2, 0.25) is 12.7 Å². The summed E-state index contributed by atoms with van der Waals surface area (Å²) in [7, 11) is -3.71. The van der Waals surface area contributed by atoms with Gasteiger partial charge in [0.1, 0.15) is 0 Å². The first-order valence-electron chi connectivity index (χ1n) is 9.77. The van der Waals surface area contributed by atoms with E-state index < -0.39 is 10.0 Å². The molecule has 0 aliphatic carbocycles. The summed E-state index contributed by atoms with van der Waals surface area (Å²) in [4.78, 5) is 12.4. The molecule has 0 unspecified atom stereocenters. The van der Waals surface area contributed by atoms with Crippen LogP contribution in [0, 0.1) is 6.92 Å². The fraction of sp³-hybridized carbons (Fsp3) is 0.174. The molecule has 0 fully saturated rings. The molecule has 8 heteroatoms.